The predicted molar refractivity (Wildman–Crippen MR) is 98.3 cm³/mol. The van der Waals surface area contributed by atoms with Gasteiger partial charge in [0.2, 0.25) is 0 Å². The molecule has 0 aliphatic rings. The molecule has 23 heavy (non-hydrogen) atoms. The van der Waals surface area contributed by atoms with Gasteiger partial charge < -0.3 is 4.90 Å². The average molecular weight is 307 g/mol. The Labute approximate surface area is 139 Å². The van der Waals surface area contributed by atoms with E-state index in [2.05, 4.69) is 36.4 Å². The van der Waals surface area contributed by atoms with Crippen molar-refractivity contribution >= 4 is 11.9 Å². The molecule has 120 valence electrons. The highest BCUT2D eigenvalue weighted by molar-refractivity contribution is 6.00. The first-order valence-electron chi connectivity index (χ1n) is 8.00. The zero-order chi connectivity index (χ0) is 16.8. The third kappa shape index (κ3) is 4.90. The van der Waals surface area contributed by atoms with Crippen LogP contribution in [0.2, 0.25) is 0 Å². The van der Waals surface area contributed by atoms with Crippen LogP contribution in [0, 0.1) is 5.92 Å². The lowest BCUT2D eigenvalue weighted by Crippen LogP contribution is -2.26. The molecule has 2 nitrogen and oxygen atoms in total. The van der Waals surface area contributed by atoms with Crippen LogP contribution in [-0.2, 0) is 4.79 Å². The molecule has 0 heterocycles. The molecule has 0 N–H and O–H groups in total. The number of carbonyl (C=O) groups excluding carboxylic acids is 1. The molecule has 0 bridgehead atoms. The fourth-order valence-corrected chi connectivity index (χ4v) is 2.74. The second kappa shape index (κ2) is 7.89. The molecule has 0 fully saturated rings. The summed E-state index contributed by atoms with van der Waals surface area (Å²) < 4.78 is 0. The molecule has 0 spiro atoms. The summed E-state index contributed by atoms with van der Waals surface area (Å²) in [6.45, 7) is 4.66. The SMILES string of the molecule is CC(=Cc1ccc(-c2ccccc2)cc1)C(=O)C(C)CN(C)C. The van der Waals surface area contributed by atoms with E-state index < -0.39 is 0 Å². The average Bonchev–Trinajstić information content (AvgIpc) is 2.55. The van der Waals surface area contributed by atoms with Crippen molar-refractivity contribution in [3.05, 3.63) is 65.7 Å². The van der Waals surface area contributed by atoms with E-state index in [4.69, 9.17) is 0 Å². The lowest BCUT2D eigenvalue weighted by molar-refractivity contribution is -0.119. The van der Waals surface area contributed by atoms with E-state index in [1.807, 2.05) is 57.1 Å². The van der Waals surface area contributed by atoms with Crippen molar-refractivity contribution in [3.8, 4) is 11.1 Å². The summed E-state index contributed by atoms with van der Waals surface area (Å²) in [6.07, 6.45) is 1.98. The number of nitrogens with zero attached hydrogens (tertiary/aromatic N) is 1. The first kappa shape index (κ1) is 17.2. The second-order valence-electron chi connectivity index (χ2n) is 6.34. The van der Waals surface area contributed by atoms with E-state index in [1.165, 1.54) is 11.1 Å². The van der Waals surface area contributed by atoms with E-state index in [0.717, 1.165) is 17.7 Å². The Balaban J connectivity index is 2.12. The number of allylic oxidation sites excluding steroid dienone is 1. The van der Waals surface area contributed by atoms with Crippen LogP contribution in [-0.4, -0.2) is 31.3 Å². The zero-order valence-corrected chi connectivity index (χ0v) is 14.4. The standard InChI is InChI=1S/C21H25NO/c1-16(21(23)17(2)15-22(3)4)14-18-10-12-20(13-11-18)19-8-6-5-7-9-19/h5-14,17H,15H2,1-4H3. The molecular weight excluding hydrogens is 282 g/mol. The smallest absolute Gasteiger partial charge is 0.162 e. The molecule has 1 atom stereocenters. The number of Topliss-reactive ketones (excluding diaryl/α,β-unsaturated/α-hetero) is 1. The minimum Gasteiger partial charge on any atom is -0.309 e. The van der Waals surface area contributed by atoms with Crippen molar-refractivity contribution in [1.82, 2.24) is 4.90 Å². The Morgan fingerprint density at radius 1 is 1.00 bits per heavy atom. The van der Waals surface area contributed by atoms with Gasteiger partial charge in [0.15, 0.2) is 5.78 Å². The van der Waals surface area contributed by atoms with E-state index in [9.17, 15) is 4.79 Å². The minimum atomic E-state index is 0.0184. The van der Waals surface area contributed by atoms with Crippen molar-refractivity contribution in [3.63, 3.8) is 0 Å². The van der Waals surface area contributed by atoms with Gasteiger partial charge >= 0.3 is 0 Å². The summed E-state index contributed by atoms with van der Waals surface area (Å²) in [4.78, 5) is 14.4. The molecule has 0 aromatic heterocycles. The number of carbonyl (C=O) groups is 1. The van der Waals surface area contributed by atoms with Gasteiger partial charge in [-0.1, -0.05) is 61.5 Å². The van der Waals surface area contributed by atoms with Crippen molar-refractivity contribution in [1.29, 1.82) is 0 Å². The molecule has 0 saturated heterocycles. The molecule has 0 saturated carbocycles. The van der Waals surface area contributed by atoms with Crippen LogP contribution in [0.4, 0.5) is 0 Å². The number of benzene rings is 2. The van der Waals surface area contributed by atoms with Crippen molar-refractivity contribution in [2.75, 3.05) is 20.6 Å². The Kier molecular flexibility index (Phi) is 5.89. The normalized spacial score (nSPS) is 13.2. The van der Waals surface area contributed by atoms with Gasteiger partial charge in [0.05, 0.1) is 0 Å². The maximum absolute atomic E-state index is 12.4. The molecule has 0 amide bonds. The quantitative estimate of drug-likeness (QED) is 0.731. The van der Waals surface area contributed by atoms with E-state index in [-0.39, 0.29) is 11.7 Å². The van der Waals surface area contributed by atoms with Crippen molar-refractivity contribution < 1.29 is 4.79 Å². The maximum Gasteiger partial charge on any atom is 0.162 e. The van der Waals surface area contributed by atoms with Gasteiger partial charge in [-0.05, 0) is 49.4 Å². The zero-order valence-electron chi connectivity index (χ0n) is 14.4. The summed E-state index contributed by atoms with van der Waals surface area (Å²) in [7, 11) is 3.98. The van der Waals surface area contributed by atoms with Gasteiger partial charge in [0.1, 0.15) is 0 Å². The van der Waals surface area contributed by atoms with Gasteiger partial charge in [0, 0.05) is 12.5 Å². The highest BCUT2D eigenvalue weighted by Crippen LogP contribution is 2.20. The number of ketones is 1. The maximum atomic E-state index is 12.4. The molecule has 2 rings (SSSR count). The van der Waals surface area contributed by atoms with E-state index in [0.29, 0.717) is 0 Å². The van der Waals surface area contributed by atoms with Crippen LogP contribution in [0.5, 0.6) is 0 Å². The molecule has 2 aromatic carbocycles. The van der Waals surface area contributed by atoms with Crippen LogP contribution in [0.3, 0.4) is 0 Å². The summed E-state index contributed by atoms with van der Waals surface area (Å²) in [5, 5.41) is 0. The van der Waals surface area contributed by atoms with Crippen LogP contribution >= 0.6 is 0 Å². The van der Waals surface area contributed by atoms with E-state index in [1.54, 1.807) is 0 Å². The molecular formula is C21H25NO. The van der Waals surface area contributed by atoms with Crippen molar-refractivity contribution in [2.24, 2.45) is 5.92 Å². The first-order chi connectivity index (χ1) is 11.0. The number of hydrogen-bond acceptors (Lipinski definition) is 2. The second-order valence-corrected chi connectivity index (χ2v) is 6.34. The molecule has 0 radical (unpaired) electrons. The summed E-state index contributed by atoms with van der Waals surface area (Å²) in [5.41, 5.74) is 4.27. The lowest BCUT2D eigenvalue weighted by Gasteiger charge is -2.16. The molecule has 2 heteroatoms. The Morgan fingerprint density at radius 3 is 2.13 bits per heavy atom. The highest BCUT2D eigenvalue weighted by Gasteiger charge is 2.15. The first-order valence-corrected chi connectivity index (χ1v) is 8.00. The highest BCUT2D eigenvalue weighted by atomic mass is 16.1. The summed E-state index contributed by atoms with van der Waals surface area (Å²) >= 11 is 0. The van der Waals surface area contributed by atoms with Gasteiger partial charge in [0.25, 0.3) is 0 Å². The summed E-state index contributed by atoms with van der Waals surface area (Å²) in [5.74, 6) is 0.232. The van der Waals surface area contributed by atoms with Crippen molar-refractivity contribution in [2.45, 2.75) is 13.8 Å². The minimum absolute atomic E-state index is 0.0184. The number of rotatable bonds is 6. The Bertz CT molecular complexity index is 669. The monoisotopic (exact) mass is 307 g/mol. The van der Waals surface area contributed by atoms with Crippen LogP contribution in [0.1, 0.15) is 19.4 Å². The van der Waals surface area contributed by atoms with Crippen LogP contribution in [0.15, 0.2) is 60.2 Å². The third-order valence-corrected chi connectivity index (χ3v) is 3.88. The molecule has 0 aliphatic heterocycles. The molecule has 0 aliphatic carbocycles. The Morgan fingerprint density at radius 2 is 1.57 bits per heavy atom. The van der Waals surface area contributed by atoms with Gasteiger partial charge in [-0.3, -0.25) is 4.79 Å². The van der Waals surface area contributed by atoms with Crippen LogP contribution < -0.4 is 0 Å². The lowest BCUT2D eigenvalue weighted by atomic mass is 9.97. The summed E-state index contributed by atoms with van der Waals surface area (Å²) in [6, 6.07) is 18.6. The molecule has 2 aromatic rings. The predicted octanol–water partition coefficient (Wildman–Crippen LogP) is 4.52. The third-order valence-electron chi connectivity index (χ3n) is 3.88. The fourth-order valence-electron chi connectivity index (χ4n) is 2.74. The topological polar surface area (TPSA) is 20.3 Å². The fraction of sp³-hybridized carbons (Fsp3) is 0.286. The number of hydrogen-bond donors (Lipinski definition) is 0. The Hall–Kier alpha value is -2.19. The van der Waals surface area contributed by atoms with Crippen LogP contribution in [0.25, 0.3) is 17.2 Å². The molecule has 1 unspecified atom stereocenters. The van der Waals surface area contributed by atoms with E-state index >= 15 is 0 Å². The van der Waals surface area contributed by atoms with Gasteiger partial charge in [-0.2, -0.15) is 0 Å². The van der Waals surface area contributed by atoms with Gasteiger partial charge in [-0.25, -0.2) is 0 Å². The van der Waals surface area contributed by atoms with Gasteiger partial charge in [-0.15, -0.1) is 0 Å². The largest absolute Gasteiger partial charge is 0.309 e.